The third-order valence-electron chi connectivity index (χ3n) is 2.16. The zero-order valence-corrected chi connectivity index (χ0v) is 8.81. The highest BCUT2D eigenvalue weighted by Gasteiger charge is 1.96. The van der Waals surface area contributed by atoms with Gasteiger partial charge in [0.15, 0.2) is 0 Å². The van der Waals surface area contributed by atoms with E-state index in [4.69, 9.17) is 0 Å². The molecule has 0 fully saturated rings. The minimum Gasteiger partial charge on any atom is -0.302 e. The first kappa shape index (κ1) is 12.0. The molecule has 0 atom stereocenters. The van der Waals surface area contributed by atoms with E-state index in [0.29, 0.717) is 0 Å². The van der Waals surface area contributed by atoms with Crippen molar-refractivity contribution in [3.63, 3.8) is 0 Å². The fraction of sp³-hybridized carbons (Fsp3) is 0.909. The molecular formula is C11H24N. The lowest BCUT2D eigenvalue weighted by Crippen LogP contribution is -2.18. The summed E-state index contributed by atoms with van der Waals surface area (Å²) in [6.07, 6.45) is 7.96. The highest BCUT2D eigenvalue weighted by Crippen LogP contribution is 2.01. The normalized spacial score (nSPS) is 11.0. The molecule has 73 valence electrons. The van der Waals surface area contributed by atoms with Crippen molar-refractivity contribution in [2.45, 2.75) is 52.4 Å². The summed E-state index contributed by atoms with van der Waals surface area (Å²) in [5.41, 5.74) is 0. The van der Waals surface area contributed by atoms with E-state index in [9.17, 15) is 0 Å². The lowest BCUT2D eigenvalue weighted by atomic mass is 10.2. The first-order chi connectivity index (χ1) is 5.81. The van der Waals surface area contributed by atoms with Gasteiger partial charge in [0.25, 0.3) is 0 Å². The molecule has 0 aromatic rings. The molecule has 0 aromatic heterocycles. The summed E-state index contributed by atoms with van der Waals surface area (Å²) in [5.74, 6) is 0. The first-order valence-corrected chi connectivity index (χ1v) is 5.36. The van der Waals surface area contributed by atoms with Gasteiger partial charge in [-0.05, 0) is 25.9 Å². The third kappa shape index (κ3) is 8.06. The molecule has 0 unspecified atom stereocenters. The maximum absolute atomic E-state index is 4.01. The lowest BCUT2D eigenvalue weighted by molar-refractivity contribution is 0.350. The van der Waals surface area contributed by atoms with Gasteiger partial charge in [-0.15, -0.1) is 0 Å². The Morgan fingerprint density at radius 2 is 1.42 bits per heavy atom. The van der Waals surface area contributed by atoms with Gasteiger partial charge >= 0.3 is 0 Å². The van der Waals surface area contributed by atoms with E-state index in [0.717, 1.165) is 0 Å². The van der Waals surface area contributed by atoms with Gasteiger partial charge in [-0.3, -0.25) is 0 Å². The largest absolute Gasteiger partial charge is 0.302 e. The molecule has 0 N–H and O–H groups in total. The van der Waals surface area contributed by atoms with Crippen LogP contribution in [0.25, 0.3) is 0 Å². The third-order valence-corrected chi connectivity index (χ3v) is 2.16. The summed E-state index contributed by atoms with van der Waals surface area (Å²) in [6, 6.07) is 0. The smallest absolute Gasteiger partial charge is 0.0109 e. The molecule has 0 spiro atoms. The van der Waals surface area contributed by atoms with Gasteiger partial charge in [0.05, 0.1) is 0 Å². The molecule has 12 heavy (non-hydrogen) atoms. The van der Waals surface area contributed by atoms with Crippen molar-refractivity contribution in [1.29, 1.82) is 0 Å². The SMILES string of the molecule is [CH2]N(CCCC)CCCCCC. The van der Waals surface area contributed by atoms with Crippen LogP contribution in [-0.4, -0.2) is 18.0 Å². The second-order valence-electron chi connectivity index (χ2n) is 3.53. The maximum Gasteiger partial charge on any atom is 0.0109 e. The van der Waals surface area contributed by atoms with Crippen LogP contribution in [-0.2, 0) is 0 Å². The number of hydrogen-bond donors (Lipinski definition) is 0. The van der Waals surface area contributed by atoms with Gasteiger partial charge in [-0.2, -0.15) is 0 Å². The van der Waals surface area contributed by atoms with E-state index in [1.165, 1.54) is 51.6 Å². The van der Waals surface area contributed by atoms with Crippen molar-refractivity contribution in [3.05, 3.63) is 7.05 Å². The Balaban J connectivity index is 3.02. The molecule has 0 saturated heterocycles. The minimum atomic E-state index is 1.17. The standard InChI is InChI=1S/C11H24N/c1-4-6-8-9-11-12(3)10-7-5-2/h3-11H2,1-2H3. The van der Waals surface area contributed by atoms with Crippen LogP contribution in [0, 0.1) is 7.05 Å². The highest BCUT2D eigenvalue weighted by atomic mass is 15.1. The van der Waals surface area contributed by atoms with Crippen molar-refractivity contribution in [2.75, 3.05) is 13.1 Å². The Bertz CT molecular complexity index is 81.1. The van der Waals surface area contributed by atoms with Gasteiger partial charge in [-0.1, -0.05) is 39.5 Å². The Hall–Kier alpha value is -0.0400. The van der Waals surface area contributed by atoms with E-state index < -0.39 is 0 Å². The zero-order chi connectivity index (χ0) is 9.23. The van der Waals surface area contributed by atoms with Crippen molar-refractivity contribution in [2.24, 2.45) is 0 Å². The van der Waals surface area contributed by atoms with Crippen LogP contribution in [0.4, 0.5) is 0 Å². The molecule has 1 radical (unpaired) electrons. The van der Waals surface area contributed by atoms with Crippen LogP contribution in [0.2, 0.25) is 0 Å². The van der Waals surface area contributed by atoms with Crippen molar-refractivity contribution in [3.8, 4) is 0 Å². The molecule has 0 saturated carbocycles. The van der Waals surface area contributed by atoms with Crippen LogP contribution in [0.15, 0.2) is 0 Å². The highest BCUT2D eigenvalue weighted by molar-refractivity contribution is 4.55. The van der Waals surface area contributed by atoms with Crippen LogP contribution in [0.5, 0.6) is 0 Å². The summed E-state index contributed by atoms with van der Waals surface area (Å²) >= 11 is 0. The van der Waals surface area contributed by atoms with Crippen LogP contribution in [0.1, 0.15) is 52.4 Å². The predicted octanol–water partition coefficient (Wildman–Crippen LogP) is 3.46. The number of nitrogens with zero attached hydrogens (tertiary/aromatic N) is 1. The maximum atomic E-state index is 4.01. The Morgan fingerprint density at radius 1 is 0.833 bits per heavy atom. The second-order valence-corrected chi connectivity index (χ2v) is 3.53. The fourth-order valence-electron chi connectivity index (χ4n) is 1.26. The molecule has 0 rings (SSSR count). The van der Waals surface area contributed by atoms with Crippen molar-refractivity contribution in [1.82, 2.24) is 4.90 Å². The number of hydrogen-bond acceptors (Lipinski definition) is 1. The van der Waals surface area contributed by atoms with Gasteiger partial charge in [0.1, 0.15) is 0 Å². The molecular weight excluding hydrogens is 146 g/mol. The molecule has 1 heteroatoms. The lowest BCUT2D eigenvalue weighted by Gasteiger charge is -2.14. The van der Waals surface area contributed by atoms with Crippen molar-refractivity contribution >= 4 is 0 Å². The molecule has 0 aliphatic carbocycles. The molecule has 0 amide bonds. The van der Waals surface area contributed by atoms with E-state index in [2.05, 4.69) is 25.8 Å². The molecule has 1 nitrogen and oxygen atoms in total. The molecule has 0 bridgehead atoms. The Kier molecular flexibility index (Phi) is 9.02. The number of unbranched alkanes of at least 4 members (excludes halogenated alkanes) is 4. The number of rotatable bonds is 8. The monoisotopic (exact) mass is 170 g/mol. The van der Waals surface area contributed by atoms with E-state index in [1.54, 1.807) is 0 Å². The predicted molar refractivity (Wildman–Crippen MR) is 56.0 cm³/mol. The van der Waals surface area contributed by atoms with Crippen LogP contribution in [0.3, 0.4) is 0 Å². The summed E-state index contributed by atoms with van der Waals surface area (Å²) in [7, 11) is 4.01. The van der Waals surface area contributed by atoms with E-state index >= 15 is 0 Å². The average molecular weight is 170 g/mol. The zero-order valence-electron chi connectivity index (χ0n) is 8.81. The van der Waals surface area contributed by atoms with E-state index in [1.807, 2.05) is 0 Å². The fourth-order valence-corrected chi connectivity index (χ4v) is 1.26. The molecule has 0 aromatic carbocycles. The van der Waals surface area contributed by atoms with Crippen LogP contribution >= 0.6 is 0 Å². The summed E-state index contributed by atoms with van der Waals surface area (Å²) in [6.45, 7) is 6.83. The Labute approximate surface area is 78.1 Å². The Morgan fingerprint density at radius 3 is 2.00 bits per heavy atom. The first-order valence-electron chi connectivity index (χ1n) is 5.36. The second kappa shape index (κ2) is 9.05. The van der Waals surface area contributed by atoms with Gasteiger partial charge in [0.2, 0.25) is 0 Å². The molecule has 0 heterocycles. The summed E-state index contributed by atoms with van der Waals surface area (Å²) < 4.78 is 0. The van der Waals surface area contributed by atoms with Crippen molar-refractivity contribution < 1.29 is 0 Å². The van der Waals surface area contributed by atoms with E-state index in [-0.39, 0.29) is 0 Å². The summed E-state index contributed by atoms with van der Waals surface area (Å²) in [5, 5.41) is 0. The van der Waals surface area contributed by atoms with Gasteiger partial charge < -0.3 is 4.90 Å². The quantitative estimate of drug-likeness (QED) is 0.504. The van der Waals surface area contributed by atoms with Gasteiger partial charge in [0, 0.05) is 7.05 Å². The summed E-state index contributed by atoms with van der Waals surface area (Å²) in [4.78, 5) is 2.21. The topological polar surface area (TPSA) is 3.24 Å². The minimum absolute atomic E-state index is 1.17. The average Bonchev–Trinajstić information content (AvgIpc) is 2.09. The molecule has 0 aliphatic rings. The molecule has 0 aliphatic heterocycles. The van der Waals surface area contributed by atoms with Crippen LogP contribution < -0.4 is 0 Å². The van der Waals surface area contributed by atoms with Gasteiger partial charge in [-0.25, -0.2) is 0 Å².